The van der Waals surface area contributed by atoms with Crippen molar-refractivity contribution in [3.05, 3.63) is 0 Å². The molecule has 3 atom stereocenters. The van der Waals surface area contributed by atoms with Gasteiger partial charge in [-0.25, -0.2) is 4.79 Å². The fourth-order valence-corrected chi connectivity index (χ4v) is 2.59. The number of alkyl carbamates (subject to hydrolysis) is 1. The molecule has 1 saturated carbocycles. The molecule has 17 heavy (non-hydrogen) atoms. The predicted molar refractivity (Wildman–Crippen MR) is 66.9 cm³/mol. The van der Waals surface area contributed by atoms with E-state index in [2.05, 4.69) is 17.6 Å². The maximum atomic E-state index is 11.8. The summed E-state index contributed by atoms with van der Waals surface area (Å²) in [6, 6.07) is 0.556. The number of carbonyl (C=O) groups is 1. The van der Waals surface area contributed by atoms with Crippen molar-refractivity contribution in [2.24, 2.45) is 5.92 Å². The first-order valence-electron chi connectivity index (χ1n) is 6.55. The van der Waals surface area contributed by atoms with Crippen molar-refractivity contribution in [2.75, 3.05) is 6.54 Å². The van der Waals surface area contributed by atoms with E-state index in [1.807, 2.05) is 20.8 Å². The van der Waals surface area contributed by atoms with Crippen LogP contribution < -0.4 is 10.6 Å². The number of hydrogen-bond donors (Lipinski definition) is 2. The van der Waals surface area contributed by atoms with Gasteiger partial charge in [0.15, 0.2) is 0 Å². The Morgan fingerprint density at radius 1 is 1.41 bits per heavy atom. The summed E-state index contributed by atoms with van der Waals surface area (Å²) >= 11 is 0. The molecule has 0 unspecified atom stereocenters. The van der Waals surface area contributed by atoms with Gasteiger partial charge in [-0.1, -0.05) is 0 Å². The third-order valence-electron chi connectivity index (χ3n) is 3.70. The standard InChI is InChI=1S/C13H24N2O2/c1-9-5-6-10-7-13(10,8-14-9)15-11(16)17-12(2,3)4/h9-10,14H,5-8H2,1-4H3,(H,15,16)/t9-,10-,13+/m1/s1. The molecule has 1 aliphatic carbocycles. The summed E-state index contributed by atoms with van der Waals surface area (Å²) < 4.78 is 5.32. The van der Waals surface area contributed by atoms with Crippen LogP contribution in [0.25, 0.3) is 0 Å². The topological polar surface area (TPSA) is 50.4 Å². The summed E-state index contributed by atoms with van der Waals surface area (Å²) in [7, 11) is 0. The van der Waals surface area contributed by atoms with Crippen LogP contribution in [0.15, 0.2) is 0 Å². The fraction of sp³-hybridized carbons (Fsp3) is 0.923. The van der Waals surface area contributed by atoms with Crippen molar-refractivity contribution < 1.29 is 9.53 Å². The van der Waals surface area contributed by atoms with Crippen LogP contribution in [0, 0.1) is 5.92 Å². The van der Waals surface area contributed by atoms with Gasteiger partial charge in [-0.05, 0) is 52.9 Å². The summed E-state index contributed by atoms with van der Waals surface area (Å²) in [4.78, 5) is 11.8. The predicted octanol–water partition coefficient (Wildman–Crippen LogP) is 2.04. The average molecular weight is 240 g/mol. The average Bonchev–Trinajstić information content (AvgIpc) is 2.82. The minimum Gasteiger partial charge on any atom is -0.444 e. The van der Waals surface area contributed by atoms with Gasteiger partial charge in [0.05, 0.1) is 5.54 Å². The van der Waals surface area contributed by atoms with Crippen LogP contribution in [-0.4, -0.2) is 29.8 Å². The van der Waals surface area contributed by atoms with Gasteiger partial charge in [0, 0.05) is 12.6 Å². The van der Waals surface area contributed by atoms with Crippen LogP contribution >= 0.6 is 0 Å². The summed E-state index contributed by atoms with van der Waals surface area (Å²) in [5.41, 5.74) is -0.455. The zero-order chi connectivity index (χ0) is 12.7. The molecule has 0 bridgehead atoms. The molecule has 0 radical (unpaired) electrons. The molecule has 1 saturated heterocycles. The number of hydrogen-bond acceptors (Lipinski definition) is 3. The molecule has 1 aliphatic heterocycles. The van der Waals surface area contributed by atoms with E-state index in [1.54, 1.807) is 0 Å². The molecule has 98 valence electrons. The largest absolute Gasteiger partial charge is 0.444 e. The fourth-order valence-electron chi connectivity index (χ4n) is 2.59. The number of carbonyl (C=O) groups excluding carboxylic acids is 1. The van der Waals surface area contributed by atoms with E-state index in [0.717, 1.165) is 13.0 Å². The Balaban J connectivity index is 1.89. The van der Waals surface area contributed by atoms with Crippen molar-refractivity contribution in [1.82, 2.24) is 10.6 Å². The Bertz CT molecular complexity index is 311. The Morgan fingerprint density at radius 3 is 2.76 bits per heavy atom. The Morgan fingerprint density at radius 2 is 2.12 bits per heavy atom. The molecule has 0 aromatic carbocycles. The van der Waals surface area contributed by atoms with Crippen molar-refractivity contribution in [2.45, 2.75) is 64.1 Å². The molecule has 2 N–H and O–H groups in total. The van der Waals surface area contributed by atoms with Crippen molar-refractivity contribution in [1.29, 1.82) is 0 Å². The SMILES string of the molecule is C[C@@H]1CC[C@@H]2C[C@]2(NC(=O)OC(C)(C)C)CN1. The zero-order valence-electron chi connectivity index (χ0n) is 11.3. The molecule has 0 aromatic heterocycles. The first-order valence-corrected chi connectivity index (χ1v) is 6.55. The highest BCUT2D eigenvalue weighted by molar-refractivity contribution is 5.69. The van der Waals surface area contributed by atoms with E-state index in [4.69, 9.17) is 4.74 Å². The summed E-state index contributed by atoms with van der Waals surface area (Å²) in [6.45, 7) is 8.75. The minimum absolute atomic E-state index is 0.0346. The van der Waals surface area contributed by atoms with E-state index >= 15 is 0 Å². The lowest BCUT2D eigenvalue weighted by Gasteiger charge is -2.24. The van der Waals surface area contributed by atoms with Gasteiger partial charge in [0.2, 0.25) is 0 Å². The van der Waals surface area contributed by atoms with E-state index in [-0.39, 0.29) is 11.6 Å². The van der Waals surface area contributed by atoms with Gasteiger partial charge < -0.3 is 15.4 Å². The second-order valence-corrected chi connectivity index (χ2v) is 6.54. The normalized spacial score (nSPS) is 36.7. The number of amides is 1. The second-order valence-electron chi connectivity index (χ2n) is 6.54. The summed E-state index contributed by atoms with van der Waals surface area (Å²) in [5, 5.41) is 6.54. The van der Waals surface area contributed by atoms with Crippen LogP contribution in [0.4, 0.5) is 4.79 Å². The van der Waals surface area contributed by atoms with Crippen molar-refractivity contribution >= 4 is 6.09 Å². The lowest BCUT2D eigenvalue weighted by atomic mass is 10.1. The molecular weight excluding hydrogens is 216 g/mol. The number of rotatable bonds is 1. The smallest absolute Gasteiger partial charge is 0.408 e. The van der Waals surface area contributed by atoms with E-state index in [9.17, 15) is 4.79 Å². The quantitative estimate of drug-likeness (QED) is 0.737. The molecule has 2 fully saturated rings. The third-order valence-corrected chi connectivity index (χ3v) is 3.70. The van der Waals surface area contributed by atoms with Crippen molar-refractivity contribution in [3.63, 3.8) is 0 Å². The zero-order valence-corrected chi connectivity index (χ0v) is 11.3. The third kappa shape index (κ3) is 3.12. The molecule has 1 heterocycles. The molecular formula is C13H24N2O2. The van der Waals surface area contributed by atoms with Crippen LogP contribution in [0.3, 0.4) is 0 Å². The molecule has 2 aliphatic rings. The Labute approximate surface area is 103 Å². The lowest BCUT2D eigenvalue weighted by Crippen LogP contribution is -2.47. The van der Waals surface area contributed by atoms with Gasteiger partial charge in [0.25, 0.3) is 0 Å². The Kier molecular flexibility index (Phi) is 3.10. The number of nitrogens with one attached hydrogen (secondary N) is 2. The van der Waals surface area contributed by atoms with Crippen molar-refractivity contribution in [3.8, 4) is 0 Å². The molecule has 4 heteroatoms. The second kappa shape index (κ2) is 4.16. The Hall–Kier alpha value is -0.770. The van der Waals surface area contributed by atoms with Crippen LogP contribution in [0.2, 0.25) is 0 Å². The van der Waals surface area contributed by atoms with Gasteiger partial charge >= 0.3 is 6.09 Å². The maximum absolute atomic E-state index is 11.8. The first kappa shape index (κ1) is 12.7. The highest BCUT2D eigenvalue weighted by Crippen LogP contribution is 2.47. The van der Waals surface area contributed by atoms with Crippen LogP contribution in [0.5, 0.6) is 0 Å². The van der Waals surface area contributed by atoms with E-state index in [1.165, 1.54) is 12.8 Å². The van der Waals surface area contributed by atoms with E-state index < -0.39 is 5.60 Å². The number of fused-ring (bicyclic) bond motifs is 1. The van der Waals surface area contributed by atoms with Gasteiger partial charge in [0.1, 0.15) is 5.60 Å². The maximum Gasteiger partial charge on any atom is 0.408 e. The first-order chi connectivity index (χ1) is 7.81. The van der Waals surface area contributed by atoms with Gasteiger partial charge in [-0.2, -0.15) is 0 Å². The van der Waals surface area contributed by atoms with Crippen LogP contribution in [0.1, 0.15) is 47.0 Å². The van der Waals surface area contributed by atoms with Crippen LogP contribution in [-0.2, 0) is 4.74 Å². The molecule has 4 nitrogen and oxygen atoms in total. The minimum atomic E-state index is -0.420. The molecule has 2 rings (SSSR count). The highest BCUT2D eigenvalue weighted by Gasteiger charge is 2.56. The molecule has 1 amide bonds. The number of ether oxygens (including phenoxy) is 1. The lowest BCUT2D eigenvalue weighted by molar-refractivity contribution is 0.0491. The highest BCUT2D eigenvalue weighted by atomic mass is 16.6. The molecule has 0 aromatic rings. The van der Waals surface area contributed by atoms with Gasteiger partial charge in [-0.15, -0.1) is 0 Å². The van der Waals surface area contributed by atoms with E-state index in [0.29, 0.717) is 12.0 Å². The van der Waals surface area contributed by atoms with Gasteiger partial charge in [-0.3, -0.25) is 0 Å². The summed E-state index contributed by atoms with van der Waals surface area (Å²) in [5.74, 6) is 0.632. The monoisotopic (exact) mass is 240 g/mol. The molecule has 0 spiro atoms. The summed E-state index contributed by atoms with van der Waals surface area (Å²) in [6.07, 6.45) is 3.20.